The summed E-state index contributed by atoms with van der Waals surface area (Å²) in [4.78, 5) is 33.0. The number of amides is 2. The standard InChI is InChI=1S/C16H16N4O2S/c1-10-17-16(23-18-10)19-8-12-13(9-19)15(22)20(14(12)21)7-11-5-3-2-4-6-11/h2-6,12-13H,7-9H2,1H3. The topological polar surface area (TPSA) is 66.4 Å². The Morgan fingerprint density at radius 2 is 1.78 bits per heavy atom. The number of hydrogen-bond acceptors (Lipinski definition) is 6. The Morgan fingerprint density at radius 3 is 2.35 bits per heavy atom. The molecular formula is C16H16N4O2S. The molecule has 23 heavy (non-hydrogen) atoms. The second kappa shape index (κ2) is 5.42. The van der Waals surface area contributed by atoms with Crippen molar-refractivity contribution in [3.63, 3.8) is 0 Å². The zero-order chi connectivity index (χ0) is 16.0. The maximum Gasteiger partial charge on any atom is 0.235 e. The quantitative estimate of drug-likeness (QED) is 0.798. The van der Waals surface area contributed by atoms with Crippen molar-refractivity contribution in [2.24, 2.45) is 11.8 Å². The minimum absolute atomic E-state index is 0.0624. The highest BCUT2D eigenvalue weighted by atomic mass is 32.1. The van der Waals surface area contributed by atoms with Crippen LogP contribution in [0, 0.1) is 18.8 Å². The molecule has 2 saturated heterocycles. The lowest BCUT2D eigenvalue weighted by Gasteiger charge is -2.20. The normalized spacial score (nSPS) is 23.7. The van der Waals surface area contributed by atoms with Gasteiger partial charge in [-0.2, -0.15) is 4.37 Å². The predicted octanol–water partition coefficient (Wildman–Crippen LogP) is 1.47. The predicted molar refractivity (Wildman–Crippen MR) is 85.8 cm³/mol. The van der Waals surface area contributed by atoms with Gasteiger partial charge in [0.1, 0.15) is 5.82 Å². The van der Waals surface area contributed by atoms with Gasteiger partial charge in [-0.05, 0) is 12.5 Å². The number of fused-ring (bicyclic) bond motifs is 1. The molecule has 0 N–H and O–H groups in total. The van der Waals surface area contributed by atoms with Gasteiger partial charge in [0.05, 0.1) is 18.4 Å². The number of carbonyl (C=O) groups excluding carboxylic acids is 2. The van der Waals surface area contributed by atoms with Crippen LogP contribution >= 0.6 is 11.5 Å². The summed E-state index contributed by atoms with van der Waals surface area (Å²) in [7, 11) is 0. The molecule has 0 saturated carbocycles. The Balaban J connectivity index is 1.51. The van der Waals surface area contributed by atoms with E-state index in [1.807, 2.05) is 42.2 Å². The van der Waals surface area contributed by atoms with Crippen LogP contribution in [0.1, 0.15) is 11.4 Å². The summed E-state index contributed by atoms with van der Waals surface area (Å²) >= 11 is 1.32. The zero-order valence-corrected chi connectivity index (χ0v) is 13.5. The van der Waals surface area contributed by atoms with Gasteiger partial charge in [-0.1, -0.05) is 30.3 Å². The van der Waals surface area contributed by atoms with Gasteiger partial charge in [-0.25, -0.2) is 4.98 Å². The molecule has 1 aromatic carbocycles. The van der Waals surface area contributed by atoms with Crippen molar-refractivity contribution in [1.82, 2.24) is 14.3 Å². The Kier molecular flexibility index (Phi) is 3.37. The first-order chi connectivity index (χ1) is 11.1. The number of carbonyl (C=O) groups is 2. The van der Waals surface area contributed by atoms with Crippen molar-refractivity contribution in [2.75, 3.05) is 18.0 Å². The smallest absolute Gasteiger partial charge is 0.235 e. The molecule has 2 fully saturated rings. The summed E-state index contributed by atoms with van der Waals surface area (Å²) < 4.78 is 4.17. The van der Waals surface area contributed by atoms with Crippen LogP contribution in [0.2, 0.25) is 0 Å². The van der Waals surface area contributed by atoms with Crippen molar-refractivity contribution in [2.45, 2.75) is 13.5 Å². The molecular weight excluding hydrogens is 312 g/mol. The fraction of sp³-hybridized carbons (Fsp3) is 0.375. The van der Waals surface area contributed by atoms with E-state index < -0.39 is 0 Å². The third-order valence-electron chi connectivity index (χ3n) is 4.46. The highest BCUT2D eigenvalue weighted by molar-refractivity contribution is 7.09. The number of benzene rings is 1. The van der Waals surface area contributed by atoms with E-state index in [0.717, 1.165) is 16.5 Å². The SMILES string of the molecule is Cc1nsc(N2CC3C(=O)N(Cc4ccccc4)C(=O)C3C2)n1. The molecule has 0 bridgehead atoms. The second-order valence-electron chi connectivity index (χ2n) is 5.99. The van der Waals surface area contributed by atoms with E-state index in [2.05, 4.69) is 9.36 Å². The van der Waals surface area contributed by atoms with Gasteiger partial charge >= 0.3 is 0 Å². The van der Waals surface area contributed by atoms with Crippen LogP contribution in [-0.2, 0) is 16.1 Å². The van der Waals surface area contributed by atoms with Gasteiger partial charge in [-0.3, -0.25) is 14.5 Å². The highest BCUT2D eigenvalue weighted by Crippen LogP contribution is 2.36. The van der Waals surface area contributed by atoms with Crippen molar-refractivity contribution in [1.29, 1.82) is 0 Å². The van der Waals surface area contributed by atoms with Gasteiger partial charge in [-0.15, -0.1) is 0 Å². The first kappa shape index (κ1) is 14.3. The number of hydrogen-bond donors (Lipinski definition) is 0. The lowest BCUT2D eigenvalue weighted by molar-refractivity contribution is -0.140. The molecule has 0 spiro atoms. The van der Waals surface area contributed by atoms with Gasteiger partial charge < -0.3 is 4.90 Å². The molecule has 118 valence electrons. The van der Waals surface area contributed by atoms with Crippen molar-refractivity contribution >= 4 is 28.5 Å². The fourth-order valence-electron chi connectivity index (χ4n) is 3.31. The Labute approximate surface area is 137 Å². The number of aromatic nitrogens is 2. The van der Waals surface area contributed by atoms with Crippen LogP contribution < -0.4 is 4.90 Å². The number of aryl methyl sites for hydroxylation is 1. The van der Waals surface area contributed by atoms with Crippen molar-refractivity contribution in [3.05, 3.63) is 41.7 Å². The first-order valence-electron chi connectivity index (χ1n) is 7.58. The Bertz CT molecular complexity index is 736. The summed E-state index contributed by atoms with van der Waals surface area (Å²) in [6.07, 6.45) is 0. The summed E-state index contributed by atoms with van der Waals surface area (Å²) in [5.41, 5.74) is 0.978. The number of rotatable bonds is 3. The Morgan fingerprint density at radius 1 is 1.13 bits per heavy atom. The molecule has 0 radical (unpaired) electrons. The molecule has 2 atom stereocenters. The molecule has 2 aliphatic heterocycles. The van der Waals surface area contributed by atoms with Crippen LogP contribution in [0.5, 0.6) is 0 Å². The maximum atomic E-state index is 12.6. The van der Waals surface area contributed by atoms with Crippen LogP contribution in [0.15, 0.2) is 30.3 Å². The Hall–Kier alpha value is -2.28. The van der Waals surface area contributed by atoms with Crippen LogP contribution in [-0.4, -0.2) is 39.2 Å². The summed E-state index contributed by atoms with van der Waals surface area (Å²) in [6.45, 7) is 3.31. The van der Waals surface area contributed by atoms with Gasteiger partial charge in [0.25, 0.3) is 0 Å². The molecule has 2 unspecified atom stereocenters. The van der Waals surface area contributed by atoms with Crippen LogP contribution in [0.4, 0.5) is 5.13 Å². The third kappa shape index (κ3) is 2.41. The van der Waals surface area contributed by atoms with E-state index in [0.29, 0.717) is 19.6 Å². The van der Waals surface area contributed by atoms with Gasteiger partial charge in [0.15, 0.2) is 0 Å². The average Bonchev–Trinajstić information content (AvgIpc) is 3.22. The first-order valence-corrected chi connectivity index (χ1v) is 8.35. The number of nitrogens with zero attached hydrogens (tertiary/aromatic N) is 4. The van der Waals surface area contributed by atoms with Crippen molar-refractivity contribution in [3.8, 4) is 0 Å². The molecule has 7 heteroatoms. The monoisotopic (exact) mass is 328 g/mol. The molecule has 3 heterocycles. The van der Waals surface area contributed by atoms with E-state index in [9.17, 15) is 9.59 Å². The lowest BCUT2D eigenvalue weighted by atomic mass is 10.00. The molecule has 2 amide bonds. The molecule has 6 nitrogen and oxygen atoms in total. The van der Waals surface area contributed by atoms with Gasteiger partial charge in [0.2, 0.25) is 16.9 Å². The molecule has 1 aromatic heterocycles. The second-order valence-corrected chi connectivity index (χ2v) is 6.72. The maximum absolute atomic E-state index is 12.6. The van der Waals surface area contributed by atoms with Crippen molar-refractivity contribution < 1.29 is 9.59 Å². The number of likely N-dealkylation sites (tertiary alicyclic amines) is 1. The minimum Gasteiger partial charge on any atom is -0.345 e. The zero-order valence-electron chi connectivity index (χ0n) is 12.7. The van der Waals surface area contributed by atoms with E-state index in [1.54, 1.807) is 0 Å². The molecule has 4 rings (SSSR count). The van der Waals surface area contributed by atoms with Crippen LogP contribution in [0.25, 0.3) is 0 Å². The molecule has 2 aromatic rings. The summed E-state index contributed by atoms with van der Waals surface area (Å²) in [5, 5.41) is 0.798. The number of imide groups is 1. The highest BCUT2D eigenvalue weighted by Gasteiger charge is 2.52. The minimum atomic E-state index is -0.254. The molecule has 0 aliphatic carbocycles. The fourth-order valence-corrected chi connectivity index (χ4v) is 4.00. The summed E-state index contributed by atoms with van der Waals surface area (Å²) in [6, 6.07) is 9.63. The van der Waals surface area contributed by atoms with E-state index >= 15 is 0 Å². The van der Waals surface area contributed by atoms with E-state index in [4.69, 9.17) is 0 Å². The van der Waals surface area contributed by atoms with E-state index in [-0.39, 0.29) is 23.7 Å². The van der Waals surface area contributed by atoms with E-state index in [1.165, 1.54) is 16.4 Å². The third-order valence-corrected chi connectivity index (χ3v) is 5.33. The summed E-state index contributed by atoms with van der Waals surface area (Å²) in [5.74, 6) is 0.0939. The largest absolute Gasteiger partial charge is 0.345 e. The number of anilines is 1. The lowest BCUT2D eigenvalue weighted by Crippen LogP contribution is -2.35. The average molecular weight is 328 g/mol. The molecule has 2 aliphatic rings. The van der Waals surface area contributed by atoms with Crippen LogP contribution in [0.3, 0.4) is 0 Å². The van der Waals surface area contributed by atoms with Gasteiger partial charge in [0, 0.05) is 24.6 Å².